The molecule has 0 aromatic carbocycles. The van der Waals surface area contributed by atoms with Gasteiger partial charge in [-0.2, -0.15) is 0 Å². The van der Waals surface area contributed by atoms with Gasteiger partial charge in [0.25, 0.3) is 5.92 Å². The Morgan fingerprint density at radius 3 is 2.11 bits per heavy atom. The van der Waals surface area contributed by atoms with E-state index in [-0.39, 0.29) is 19.6 Å². The van der Waals surface area contributed by atoms with Gasteiger partial charge in [0.15, 0.2) is 0 Å². The molecule has 0 radical (unpaired) electrons. The molecule has 0 spiro atoms. The Morgan fingerprint density at radius 2 is 2.00 bits per heavy atom. The van der Waals surface area contributed by atoms with Gasteiger partial charge in [0.05, 0.1) is 6.61 Å². The summed E-state index contributed by atoms with van der Waals surface area (Å²) in [6.07, 6.45) is -0.104. The molecular formula is C5H11F2NO. The zero-order valence-corrected chi connectivity index (χ0v) is 5.36. The largest absolute Gasteiger partial charge is 0.375 e. The van der Waals surface area contributed by atoms with E-state index < -0.39 is 5.92 Å². The molecule has 2 nitrogen and oxygen atoms in total. The van der Waals surface area contributed by atoms with Gasteiger partial charge in [-0.3, -0.25) is 0 Å². The second kappa shape index (κ2) is 3.74. The molecule has 2 N–H and O–H groups in total. The third-order valence-electron chi connectivity index (χ3n) is 0.925. The Morgan fingerprint density at radius 1 is 1.44 bits per heavy atom. The maximum absolute atomic E-state index is 11.8. The minimum absolute atomic E-state index is 0.104. The smallest absolute Gasteiger partial charge is 0.273 e. The lowest BCUT2D eigenvalue weighted by molar-refractivity contribution is -0.00752. The van der Waals surface area contributed by atoms with Crippen LogP contribution in [0.15, 0.2) is 0 Å². The normalized spacial score (nSPS) is 22.7. The van der Waals surface area contributed by atoms with Gasteiger partial charge in [0.1, 0.15) is 6.61 Å². The van der Waals surface area contributed by atoms with Crippen LogP contribution in [0.4, 0.5) is 8.78 Å². The van der Waals surface area contributed by atoms with E-state index in [0.717, 1.165) is 0 Å². The van der Waals surface area contributed by atoms with Crippen LogP contribution in [0.1, 0.15) is 6.42 Å². The number of ether oxygens (including phenoxy) is 1. The van der Waals surface area contributed by atoms with Crippen LogP contribution in [0.5, 0.6) is 0 Å². The maximum Gasteiger partial charge on any atom is 0.273 e. The van der Waals surface area contributed by atoms with Crippen molar-refractivity contribution in [1.29, 1.82) is 0 Å². The molecule has 1 rings (SSSR count). The minimum Gasteiger partial charge on any atom is -0.375 e. The van der Waals surface area contributed by atoms with Crippen molar-refractivity contribution in [1.82, 2.24) is 0 Å². The van der Waals surface area contributed by atoms with Crippen molar-refractivity contribution in [3.05, 3.63) is 0 Å². The van der Waals surface area contributed by atoms with Gasteiger partial charge in [0.2, 0.25) is 0 Å². The van der Waals surface area contributed by atoms with Gasteiger partial charge in [-0.15, -0.1) is 0 Å². The minimum atomic E-state index is -2.53. The fourth-order valence-electron chi connectivity index (χ4n) is 0.515. The van der Waals surface area contributed by atoms with Crippen LogP contribution in [0.3, 0.4) is 0 Å². The first-order valence-electron chi connectivity index (χ1n) is 2.74. The van der Waals surface area contributed by atoms with Crippen molar-refractivity contribution < 1.29 is 13.5 Å². The summed E-state index contributed by atoms with van der Waals surface area (Å²) in [4.78, 5) is 0. The van der Waals surface area contributed by atoms with E-state index in [2.05, 4.69) is 10.5 Å². The molecule has 1 aliphatic rings. The number of nitrogens with two attached hydrogens (primary N) is 1. The third-order valence-corrected chi connectivity index (χ3v) is 0.925. The molecule has 4 heteroatoms. The highest BCUT2D eigenvalue weighted by Gasteiger charge is 2.33. The molecule has 0 aromatic heterocycles. The summed E-state index contributed by atoms with van der Waals surface area (Å²) in [6, 6.07) is 0. The predicted octanol–water partition coefficient (Wildman–Crippen LogP) is 0.617. The lowest BCUT2D eigenvalue weighted by Gasteiger charge is -2.00. The van der Waals surface area contributed by atoms with Crippen molar-refractivity contribution >= 4 is 0 Å². The number of rotatable bonds is 0. The second-order valence-electron chi connectivity index (χ2n) is 1.66. The highest BCUT2D eigenvalue weighted by molar-refractivity contribution is 4.69. The zero-order valence-electron chi connectivity index (χ0n) is 5.36. The van der Waals surface area contributed by atoms with Crippen LogP contribution in [0.25, 0.3) is 0 Å². The summed E-state index contributed by atoms with van der Waals surface area (Å²) in [5.41, 5.74) is 4.50. The molecule has 1 fully saturated rings. The Balaban J connectivity index is 0.000000291. The average Bonchev–Trinajstić information content (AvgIpc) is 2.19. The summed E-state index contributed by atoms with van der Waals surface area (Å²) < 4.78 is 28.0. The van der Waals surface area contributed by atoms with Gasteiger partial charge in [-0.05, 0) is 7.05 Å². The SMILES string of the molecule is CN.FC1(F)CCOC1. The molecule has 1 saturated heterocycles. The second-order valence-corrected chi connectivity index (χ2v) is 1.66. The monoisotopic (exact) mass is 139 g/mol. The summed E-state index contributed by atoms with van der Waals surface area (Å²) in [7, 11) is 1.50. The molecule has 0 bridgehead atoms. The van der Waals surface area contributed by atoms with Crippen LogP contribution in [-0.4, -0.2) is 26.2 Å². The van der Waals surface area contributed by atoms with Crippen LogP contribution in [0, 0.1) is 0 Å². The van der Waals surface area contributed by atoms with Crippen molar-refractivity contribution in [3.8, 4) is 0 Å². The molecule has 1 heterocycles. The first kappa shape index (κ1) is 8.78. The summed E-state index contributed by atoms with van der Waals surface area (Å²) in [6.45, 7) is -0.167. The Hall–Kier alpha value is -0.220. The molecule has 0 aliphatic carbocycles. The van der Waals surface area contributed by atoms with Crippen molar-refractivity contribution in [2.45, 2.75) is 12.3 Å². The topological polar surface area (TPSA) is 35.2 Å². The van der Waals surface area contributed by atoms with E-state index in [1.165, 1.54) is 7.05 Å². The maximum atomic E-state index is 11.8. The third kappa shape index (κ3) is 3.37. The van der Waals surface area contributed by atoms with Crippen molar-refractivity contribution in [2.24, 2.45) is 5.73 Å². The van der Waals surface area contributed by atoms with Gasteiger partial charge in [-0.25, -0.2) is 8.78 Å². The number of hydrogen-bond acceptors (Lipinski definition) is 2. The molecule has 0 atom stereocenters. The van der Waals surface area contributed by atoms with E-state index in [1.807, 2.05) is 0 Å². The Kier molecular flexibility index (Phi) is 3.65. The van der Waals surface area contributed by atoms with E-state index in [1.54, 1.807) is 0 Å². The van der Waals surface area contributed by atoms with Crippen LogP contribution >= 0.6 is 0 Å². The quantitative estimate of drug-likeness (QED) is 0.534. The van der Waals surface area contributed by atoms with Gasteiger partial charge >= 0.3 is 0 Å². The fourth-order valence-corrected chi connectivity index (χ4v) is 0.515. The van der Waals surface area contributed by atoms with E-state index in [0.29, 0.717) is 0 Å². The van der Waals surface area contributed by atoms with Gasteiger partial charge in [0, 0.05) is 6.42 Å². The predicted molar refractivity (Wildman–Crippen MR) is 30.5 cm³/mol. The summed E-state index contributed by atoms with van der Waals surface area (Å²) in [5, 5.41) is 0. The molecule has 9 heavy (non-hydrogen) atoms. The van der Waals surface area contributed by atoms with Crippen LogP contribution in [-0.2, 0) is 4.74 Å². The number of halogens is 2. The lowest BCUT2D eigenvalue weighted by Crippen LogP contribution is -2.13. The Bertz CT molecular complexity index is 69.4. The summed E-state index contributed by atoms with van der Waals surface area (Å²) >= 11 is 0. The first-order chi connectivity index (χ1) is 4.21. The Labute approximate surface area is 53.0 Å². The molecule has 0 unspecified atom stereocenters. The first-order valence-corrected chi connectivity index (χ1v) is 2.74. The van der Waals surface area contributed by atoms with Crippen molar-refractivity contribution in [3.63, 3.8) is 0 Å². The van der Waals surface area contributed by atoms with Gasteiger partial charge in [-0.1, -0.05) is 0 Å². The zero-order chi connectivity index (χ0) is 7.33. The molecule has 0 saturated carbocycles. The number of alkyl halides is 2. The highest BCUT2D eigenvalue weighted by atomic mass is 19.3. The summed E-state index contributed by atoms with van der Waals surface area (Å²) in [5.74, 6) is -2.53. The van der Waals surface area contributed by atoms with E-state index >= 15 is 0 Å². The standard InChI is InChI=1S/C4H6F2O.CH5N/c5-4(6)1-2-7-3-4;1-2/h1-3H2;2H2,1H3. The lowest BCUT2D eigenvalue weighted by atomic mass is 10.3. The molecule has 0 amide bonds. The fraction of sp³-hybridized carbons (Fsp3) is 1.00. The van der Waals surface area contributed by atoms with Crippen molar-refractivity contribution in [2.75, 3.05) is 20.3 Å². The van der Waals surface area contributed by atoms with E-state index in [9.17, 15) is 8.78 Å². The molecular weight excluding hydrogens is 128 g/mol. The number of hydrogen-bond donors (Lipinski definition) is 1. The molecule has 0 aromatic rings. The van der Waals surface area contributed by atoms with Crippen LogP contribution in [0.2, 0.25) is 0 Å². The molecule has 1 aliphatic heterocycles. The highest BCUT2D eigenvalue weighted by Crippen LogP contribution is 2.23. The van der Waals surface area contributed by atoms with E-state index in [4.69, 9.17) is 0 Å². The van der Waals surface area contributed by atoms with Crippen LogP contribution < -0.4 is 5.73 Å². The average molecular weight is 139 g/mol. The van der Waals surface area contributed by atoms with Gasteiger partial charge < -0.3 is 10.5 Å². The molecule has 56 valence electrons.